The molecule has 2 heterocycles. The number of nitrogens with zero attached hydrogens (tertiary/aromatic N) is 3. The molecule has 27 heavy (non-hydrogen) atoms. The van der Waals surface area contributed by atoms with E-state index in [9.17, 15) is 4.79 Å². The van der Waals surface area contributed by atoms with Crippen molar-refractivity contribution in [3.05, 3.63) is 83.5 Å². The van der Waals surface area contributed by atoms with E-state index in [1.54, 1.807) is 6.20 Å². The monoisotopic (exact) mass is 377 g/mol. The predicted octanol–water partition coefficient (Wildman–Crippen LogP) is 4.25. The maximum Gasteiger partial charge on any atom is 0.242 e. The second-order valence-corrected chi connectivity index (χ2v) is 7.01. The molecule has 2 aromatic carbocycles. The van der Waals surface area contributed by atoms with Gasteiger partial charge in [0.15, 0.2) is 0 Å². The Morgan fingerprint density at radius 3 is 2.52 bits per heavy atom. The number of rotatable bonds is 4. The van der Waals surface area contributed by atoms with Crippen molar-refractivity contribution in [3.63, 3.8) is 0 Å². The van der Waals surface area contributed by atoms with Gasteiger partial charge in [0, 0.05) is 37.1 Å². The molecule has 4 nitrogen and oxygen atoms in total. The molecule has 1 aromatic heterocycles. The summed E-state index contributed by atoms with van der Waals surface area (Å²) in [5.41, 5.74) is 3.86. The predicted molar refractivity (Wildman–Crippen MR) is 109 cm³/mol. The minimum absolute atomic E-state index is 0.138. The molecule has 1 aliphatic rings. The lowest BCUT2D eigenvalue weighted by atomic mass is 10.1. The van der Waals surface area contributed by atoms with Gasteiger partial charge in [0.05, 0.1) is 17.3 Å². The first-order valence-corrected chi connectivity index (χ1v) is 9.36. The Balaban J connectivity index is 1.50. The van der Waals surface area contributed by atoms with Crippen LogP contribution in [0.1, 0.15) is 5.56 Å². The van der Waals surface area contributed by atoms with Crippen molar-refractivity contribution in [2.75, 3.05) is 24.5 Å². The fourth-order valence-corrected chi connectivity index (χ4v) is 3.54. The van der Waals surface area contributed by atoms with Gasteiger partial charge in [0.1, 0.15) is 0 Å². The fraction of sp³-hybridized carbons (Fsp3) is 0.182. The number of anilines is 1. The topological polar surface area (TPSA) is 36.4 Å². The highest BCUT2D eigenvalue weighted by atomic mass is 35.5. The molecule has 1 aliphatic heterocycles. The highest BCUT2D eigenvalue weighted by Crippen LogP contribution is 2.31. The molecule has 0 bridgehead atoms. The van der Waals surface area contributed by atoms with Gasteiger partial charge in [-0.15, -0.1) is 0 Å². The molecule has 1 fully saturated rings. The van der Waals surface area contributed by atoms with Crippen LogP contribution in [0.4, 0.5) is 5.69 Å². The van der Waals surface area contributed by atoms with Crippen LogP contribution in [0.5, 0.6) is 0 Å². The summed E-state index contributed by atoms with van der Waals surface area (Å²) in [6.07, 6.45) is 1.75. The molecule has 0 saturated carbocycles. The van der Waals surface area contributed by atoms with Crippen LogP contribution < -0.4 is 4.90 Å². The van der Waals surface area contributed by atoms with Crippen LogP contribution in [0, 0.1) is 0 Å². The second kappa shape index (κ2) is 7.80. The first-order valence-electron chi connectivity index (χ1n) is 8.98. The van der Waals surface area contributed by atoms with Crippen molar-refractivity contribution in [2.45, 2.75) is 6.54 Å². The molecule has 136 valence electrons. The van der Waals surface area contributed by atoms with Crippen LogP contribution >= 0.6 is 11.6 Å². The summed E-state index contributed by atoms with van der Waals surface area (Å²) in [5.74, 6) is 0.138. The number of benzene rings is 2. The van der Waals surface area contributed by atoms with Gasteiger partial charge < -0.3 is 9.80 Å². The summed E-state index contributed by atoms with van der Waals surface area (Å²) in [6, 6.07) is 21.7. The Morgan fingerprint density at radius 1 is 0.963 bits per heavy atom. The van der Waals surface area contributed by atoms with Gasteiger partial charge in [-0.2, -0.15) is 0 Å². The number of carbonyl (C=O) groups is 1. The Labute approximate surface area is 164 Å². The summed E-state index contributed by atoms with van der Waals surface area (Å²) < 4.78 is 0. The van der Waals surface area contributed by atoms with E-state index in [1.807, 2.05) is 59.5 Å². The third-order valence-corrected chi connectivity index (χ3v) is 5.12. The molecule has 0 N–H and O–H groups in total. The van der Waals surface area contributed by atoms with Crippen LogP contribution in [-0.4, -0.2) is 35.4 Å². The van der Waals surface area contributed by atoms with Crippen molar-refractivity contribution in [1.82, 2.24) is 9.88 Å². The van der Waals surface area contributed by atoms with Crippen molar-refractivity contribution < 1.29 is 4.79 Å². The first kappa shape index (κ1) is 17.6. The maximum absolute atomic E-state index is 12.7. The normalized spacial score (nSPS) is 14.5. The zero-order valence-electron chi connectivity index (χ0n) is 14.9. The number of aromatic nitrogens is 1. The average Bonchev–Trinajstić information content (AvgIpc) is 2.71. The zero-order valence-corrected chi connectivity index (χ0v) is 15.6. The molecule has 3 aromatic rings. The minimum Gasteiger partial charge on any atom is -0.360 e. The molecular formula is C22H20ClN3O. The summed E-state index contributed by atoms with van der Waals surface area (Å²) in [5, 5.41) is 0.659. The Hall–Kier alpha value is -2.85. The largest absolute Gasteiger partial charge is 0.360 e. The molecule has 0 radical (unpaired) electrons. The van der Waals surface area contributed by atoms with Gasteiger partial charge in [-0.1, -0.05) is 48.0 Å². The third-order valence-electron chi connectivity index (χ3n) is 4.79. The van der Waals surface area contributed by atoms with Gasteiger partial charge in [-0.3, -0.25) is 9.78 Å². The van der Waals surface area contributed by atoms with E-state index >= 15 is 0 Å². The van der Waals surface area contributed by atoms with E-state index in [-0.39, 0.29) is 5.91 Å². The standard InChI is InChI=1S/C22H20ClN3O/c23-20-10-9-18(14-19(20)21-8-4-5-11-24-21)25-12-13-26(22(27)16-25)15-17-6-2-1-3-7-17/h1-11,14H,12-13,15-16H2. The van der Waals surface area contributed by atoms with Gasteiger partial charge >= 0.3 is 0 Å². The lowest BCUT2D eigenvalue weighted by molar-refractivity contribution is -0.131. The van der Waals surface area contributed by atoms with Crippen LogP contribution in [0.25, 0.3) is 11.3 Å². The Bertz CT molecular complexity index is 931. The summed E-state index contributed by atoms with van der Waals surface area (Å²) in [4.78, 5) is 21.1. The van der Waals surface area contributed by atoms with Crippen molar-refractivity contribution in [2.24, 2.45) is 0 Å². The van der Waals surface area contributed by atoms with E-state index in [2.05, 4.69) is 22.0 Å². The Morgan fingerprint density at radius 2 is 1.78 bits per heavy atom. The zero-order chi connectivity index (χ0) is 18.6. The van der Waals surface area contributed by atoms with E-state index in [0.717, 1.165) is 29.1 Å². The SMILES string of the molecule is O=C1CN(c2ccc(Cl)c(-c3ccccn3)c2)CCN1Cc1ccccc1. The quantitative estimate of drug-likeness (QED) is 0.682. The van der Waals surface area contributed by atoms with Crippen molar-refractivity contribution >= 4 is 23.2 Å². The number of amides is 1. The minimum atomic E-state index is 0.138. The number of hydrogen-bond donors (Lipinski definition) is 0. The van der Waals surface area contributed by atoms with Crippen LogP contribution in [0.2, 0.25) is 5.02 Å². The fourth-order valence-electron chi connectivity index (χ4n) is 3.33. The van der Waals surface area contributed by atoms with Crippen LogP contribution in [-0.2, 0) is 11.3 Å². The van der Waals surface area contributed by atoms with E-state index in [0.29, 0.717) is 24.7 Å². The van der Waals surface area contributed by atoms with E-state index in [1.165, 1.54) is 0 Å². The lowest BCUT2D eigenvalue weighted by Gasteiger charge is -2.36. The van der Waals surface area contributed by atoms with Crippen LogP contribution in [0.3, 0.4) is 0 Å². The van der Waals surface area contributed by atoms with Gasteiger partial charge in [-0.25, -0.2) is 0 Å². The molecule has 0 atom stereocenters. The first-order chi connectivity index (χ1) is 13.2. The number of hydrogen-bond acceptors (Lipinski definition) is 3. The van der Waals surface area contributed by atoms with Gasteiger partial charge in [-0.05, 0) is 35.9 Å². The number of pyridine rings is 1. The molecule has 5 heteroatoms. The molecule has 0 spiro atoms. The molecular weight excluding hydrogens is 358 g/mol. The number of halogens is 1. The smallest absolute Gasteiger partial charge is 0.242 e. The lowest BCUT2D eigenvalue weighted by Crippen LogP contribution is -2.50. The van der Waals surface area contributed by atoms with Gasteiger partial charge in [0.25, 0.3) is 0 Å². The van der Waals surface area contributed by atoms with Crippen molar-refractivity contribution in [1.29, 1.82) is 0 Å². The summed E-state index contributed by atoms with van der Waals surface area (Å²) >= 11 is 6.38. The third kappa shape index (κ3) is 3.96. The highest BCUT2D eigenvalue weighted by Gasteiger charge is 2.24. The van der Waals surface area contributed by atoms with Gasteiger partial charge in [0.2, 0.25) is 5.91 Å². The molecule has 0 aliphatic carbocycles. The van der Waals surface area contributed by atoms with Crippen LogP contribution in [0.15, 0.2) is 72.9 Å². The van der Waals surface area contributed by atoms with E-state index in [4.69, 9.17) is 11.6 Å². The molecule has 1 amide bonds. The van der Waals surface area contributed by atoms with E-state index < -0.39 is 0 Å². The molecule has 1 saturated heterocycles. The van der Waals surface area contributed by atoms with Crippen molar-refractivity contribution in [3.8, 4) is 11.3 Å². The molecule has 0 unspecified atom stereocenters. The summed E-state index contributed by atoms with van der Waals surface area (Å²) in [6.45, 7) is 2.53. The average molecular weight is 378 g/mol. The highest BCUT2D eigenvalue weighted by molar-refractivity contribution is 6.33. The maximum atomic E-state index is 12.7. The number of carbonyl (C=O) groups excluding carboxylic acids is 1. The Kier molecular flexibility index (Phi) is 5.07. The number of piperazine rings is 1. The molecule has 4 rings (SSSR count). The summed E-state index contributed by atoms with van der Waals surface area (Å²) in [7, 11) is 0. The second-order valence-electron chi connectivity index (χ2n) is 6.60.